The number of benzene rings is 1. The average molecular weight is 179 g/mol. The molecule has 0 bridgehead atoms. The third kappa shape index (κ3) is 1.14. The number of fused-ring (bicyclic) bond motifs is 1. The van der Waals surface area contributed by atoms with Gasteiger partial charge in [-0.15, -0.1) is 0 Å². The summed E-state index contributed by atoms with van der Waals surface area (Å²) in [6.07, 6.45) is 0. The van der Waals surface area contributed by atoms with Gasteiger partial charge in [-0.25, -0.2) is 0 Å². The fourth-order valence-electron chi connectivity index (χ4n) is 1.20. The van der Waals surface area contributed by atoms with Crippen molar-refractivity contribution in [2.75, 3.05) is 18.5 Å². The minimum atomic E-state index is 0.548. The highest BCUT2D eigenvalue weighted by atomic mass is 35.5. The lowest BCUT2D eigenvalue weighted by Gasteiger charge is -2.20. The van der Waals surface area contributed by atoms with E-state index in [0.717, 1.165) is 18.0 Å². The highest BCUT2D eigenvalue weighted by molar-refractivity contribution is 6.47. The zero-order valence-electron chi connectivity index (χ0n) is 6.43. The molecule has 1 aromatic rings. The summed E-state index contributed by atoms with van der Waals surface area (Å²) in [7, 11) is 5.62. The molecule has 12 heavy (non-hydrogen) atoms. The van der Waals surface area contributed by atoms with Gasteiger partial charge in [0.1, 0.15) is 20.2 Å². The summed E-state index contributed by atoms with van der Waals surface area (Å²) >= 11 is 5.94. The summed E-state index contributed by atoms with van der Waals surface area (Å²) in [6.45, 7) is 1.45. The van der Waals surface area contributed by atoms with Gasteiger partial charge in [-0.1, -0.05) is 23.1 Å². The van der Waals surface area contributed by atoms with E-state index in [1.54, 1.807) is 6.07 Å². The van der Waals surface area contributed by atoms with Crippen LogP contribution in [0.1, 0.15) is 0 Å². The fraction of sp³-hybridized carbons (Fsp3) is 0.250. The first-order chi connectivity index (χ1) is 5.79. The molecule has 0 saturated carbocycles. The number of hydrogen-bond acceptors (Lipinski definition) is 2. The SMILES string of the molecule is [B]c1ccc2c(c1Cl)NCCO2. The van der Waals surface area contributed by atoms with E-state index < -0.39 is 0 Å². The minimum Gasteiger partial charge on any atom is -0.490 e. The number of rotatable bonds is 0. The zero-order valence-corrected chi connectivity index (χ0v) is 7.19. The average Bonchev–Trinajstić information content (AvgIpc) is 2.12. The summed E-state index contributed by atoms with van der Waals surface area (Å²) in [5.74, 6) is 0.778. The molecule has 1 aliphatic heterocycles. The Hall–Kier alpha value is -0.825. The monoisotopic (exact) mass is 179 g/mol. The predicted octanol–water partition coefficient (Wildman–Crippen LogP) is 0.938. The third-order valence-corrected chi connectivity index (χ3v) is 2.20. The van der Waals surface area contributed by atoms with Crippen LogP contribution in [0, 0.1) is 0 Å². The van der Waals surface area contributed by atoms with Gasteiger partial charge < -0.3 is 10.1 Å². The Kier molecular flexibility index (Phi) is 1.89. The van der Waals surface area contributed by atoms with Gasteiger partial charge in [0.05, 0.1) is 10.7 Å². The predicted molar refractivity (Wildman–Crippen MR) is 50.8 cm³/mol. The summed E-state index contributed by atoms with van der Waals surface area (Å²) in [4.78, 5) is 0. The molecule has 2 rings (SSSR count). The Bertz CT molecular complexity index is 316. The zero-order chi connectivity index (χ0) is 8.55. The molecule has 2 radical (unpaired) electrons. The molecule has 0 atom stereocenters. The van der Waals surface area contributed by atoms with Crippen molar-refractivity contribution in [1.29, 1.82) is 0 Å². The Labute approximate surface area is 77.3 Å². The van der Waals surface area contributed by atoms with Crippen LogP contribution in [0.4, 0.5) is 5.69 Å². The second kappa shape index (κ2) is 2.90. The highest BCUT2D eigenvalue weighted by Crippen LogP contribution is 2.32. The lowest BCUT2D eigenvalue weighted by molar-refractivity contribution is 0.323. The highest BCUT2D eigenvalue weighted by Gasteiger charge is 2.13. The van der Waals surface area contributed by atoms with Crippen molar-refractivity contribution in [1.82, 2.24) is 0 Å². The molecule has 0 aromatic heterocycles. The van der Waals surface area contributed by atoms with Crippen LogP contribution in [0.15, 0.2) is 12.1 Å². The fourth-order valence-corrected chi connectivity index (χ4v) is 1.42. The summed E-state index contributed by atoms with van der Waals surface area (Å²) in [6, 6.07) is 3.57. The van der Waals surface area contributed by atoms with E-state index in [9.17, 15) is 0 Å². The molecule has 1 N–H and O–H groups in total. The molecule has 4 heteroatoms. The summed E-state index contributed by atoms with van der Waals surface area (Å²) in [5, 5.41) is 3.68. The van der Waals surface area contributed by atoms with Crippen molar-refractivity contribution in [3.05, 3.63) is 17.2 Å². The molecular weight excluding hydrogens is 172 g/mol. The molecular formula is C8H7BClNO. The lowest BCUT2D eigenvalue weighted by atomic mass is 9.95. The molecule has 1 heterocycles. The van der Waals surface area contributed by atoms with E-state index >= 15 is 0 Å². The quantitative estimate of drug-likeness (QED) is 0.599. The van der Waals surface area contributed by atoms with Gasteiger partial charge in [-0.2, -0.15) is 0 Å². The van der Waals surface area contributed by atoms with Crippen molar-refractivity contribution in [2.24, 2.45) is 0 Å². The van der Waals surface area contributed by atoms with Gasteiger partial charge in [-0.05, 0) is 6.07 Å². The van der Waals surface area contributed by atoms with Gasteiger partial charge in [0, 0.05) is 6.54 Å². The van der Waals surface area contributed by atoms with Crippen LogP contribution in [0.2, 0.25) is 5.02 Å². The number of anilines is 1. The first-order valence-electron chi connectivity index (χ1n) is 3.73. The molecule has 0 spiro atoms. The minimum absolute atomic E-state index is 0.548. The number of ether oxygens (including phenoxy) is 1. The van der Waals surface area contributed by atoms with E-state index in [2.05, 4.69) is 5.32 Å². The maximum Gasteiger partial charge on any atom is 0.143 e. The molecule has 0 aliphatic carbocycles. The van der Waals surface area contributed by atoms with Gasteiger partial charge in [0.15, 0.2) is 0 Å². The van der Waals surface area contributed by atoms with Crippen LogP contribution in [-0.2, 0) is 0 Å². The van der Waals surface area contributed by atoms with Crippen LogP contribution >= 0.6 is 11.6 Å². The van der Waals surface area contributed by atoms with Crippen LogP contribution in [0.5, 0.6) is 5.75 Å². The first-order valence-corrected chi connectivity index (χ1v) is 4.11. The smallest absolute Gasteiger partial charge is 0.143 e. The van der Waals surface area contributed by atoms with E-state index in [-0.39, 0.29) is 0 Å². The molecule has 0 unspecified atom stereocenters. The van der Waals surface area contributed by atoms with E-state index in [1.807, 2.05) is 6.07 Å². The largest absolute Gasteiger partial charge is 0.490 e. The van der Waals surface area contributed by atoms with Crippen LogP contribution in [0.3, 0.4) is 0 Å². The Morgan fingerprint density at radius 1 is 1.50 bits per heavy atom. The topological polar surface area (TPSA) is 21.3 Å². The molecule has 0 saturated heterocycles. The van der Waals surface area contributed by atoms with Crippen molar-refractivity contribution < 1.29 is 4.74 Å². The second-order valence-electron chi connectivity index (χ2n) is 2.62. The van der Waals surface area contributed by atoms with Crippen LogP contribution in [0.25, 0.3) is 0 Å². The van der Waals surface area contributed by atoms with E-state index in [0.29, 0.717) is 17.1 Å². The van der Waals surface area contributed by atoms with Crippen LogP contribution < -0.4 is 15.5 Å². The number of hydrogen-bond donors (Lipinski definition) is 1. The van der Waals surface area contributed by atoms with Crippen molar-refractivity contribution in [2.45, 2.75) is 0 Å². The van der Waals surface area contributed by atoms with Gasteiger partial charge in [-0.3, -0.25) is 0 Å². The van der Waals surface area contributed by atoms with Crippen molar-refractivity contribution in [3.8, 4) is 5.75 Å². The maximum absolute atomic E-state index is 5.94. The number of halogens is 1. The summed E-state index contributed by atoms with van der Waals surface area (Å²) < 4.78 is 5.36. The molecule has 0 fully saturated rings. The number of nitrogens with one attached hydrogen (secondary N) is 1. The molecule has 60 valence electrons. The van der Waals surface area contributed by atoms with Gasteiger partial charge in [0.25, 0.3) is 0 Å². The second-order valence-corrected chi connectivity index (χ2v) is 3.00. The van der Waals surface area contributed by atoms with Gasteiger partial charge in [0.2, 0.25) is 0 Å². The van der Waals surface area contributed by atoms with Gasteiger partial charge >= 0.3 is 0 Å². The van der Waals surface area contributed by atoms with Crippen molar-refractivity contribution in [3.63, 3.8) is 0 Å². The first kappa shape index (κ1) is 7.81. The third-order valence-electron chi connectivity index (χ3n) is 1.80. The normalized spacial score (nSPS) is 14.4. The van der Waals surface area contributed by atoms with E-state index in [4.69, 9.17) is 24.2 Å². The Morgan fingerprint density at radius 2 is 2.33 bits per heavy atom. The van der Waals surface area contributed by atoms with E-state index in [1.165, 1.54) is 0 Å². The lowest BCUT2D eigenvalue weighted by Crippen LogP contribution is -2.20. The molecule has 0 amide bonds. The molecule has 1 aromatic carbocycles. The summed E-state index contributed by atoms with van der Waals surface area (Å²) in [5.41, 5.74) is 1.39. The standard InChI is InChI=1S/C8H7BClNO/c9-5-1-2-6-8(7(5)10)11-3-4-12-6/h1-2,11H,3-4H2. The maximum atomic E-state index is 5.94. The van der Waals surface area contributed by atoms with Crippen LogP contribution in [-0.4, -0.2) is 21.0 Å². The van der Waals surface area contributed by atoms with Crippen molar-refractivity contribution >= 4 is 30.6 Å². The molecule has 2 nitrogen and oxygen atoms in total. The molecule has 1 aliphatic rings. The Morgan fingerprint density at radius 3 is 3.17 bits per heavy atom. The Balaban J connectivity index is 2.54.